The van der Waals surface area contributed by atoms with Crippen LogP contribution in [0.4, 0.5) is 0 Å². The van der Waals surface area contributed by atoms with Crippen LogP contribution in [0.25, 0.3) is 0 Å². The van der Waals surface area contributed by atoms with E-state index in [0.717, 1.165) is 6.07 Å². The maximum absolute atomic E-state index is 12.5. The highest BCUT2D eigenvalue weighted by Crippen LogP contribution is 2.44. The zero-order valence-electron chi connectivity index (χ0n) is 14.0. The van der Waals surface area contributed by atoms with Gasteiger partial charge in [0.2, 0.25) is 5.78 Å². The molecule has 4 N–H and O–H groups in total. The van der Waals surface area contributed by atoms with Crippen LogP contribution in [0.3, 0.4) is 0 Å². The summed E-state index contributed by atoms with van der Waals surface area (Å²) in [6.07, 6.45) is 2.67. The number of phenols is 2. The number of hydrogen-bond donors (Lipinski definition) is 4. The molecule has 2 aliphatic rings. The number of aromatic hydroxyl groups is 2. The number of ketones is 1. The first-order chi connectivity index (χ1) is 11.7. The van der Waals surface area contributed by atoms with Gasteiger partial charge in [-0.05, 0) is 6.42 Å². The Morgan fingerprint density at radius 1 is 1.21 bits per heavy atom. The first-order valence-corrected chi connectivity index (χ1v) is 7.58. The first-order valence-electron chi connectivity index (χ1n) is 8.08. The molecule has 1 aromatic rings. The molecule has 0 radical (unpaired) electrons. The molecule has 1 aromatic carbocycles. The fraction of sp³-hybridized carbons (Fsp3) is 0.278. The molecule has 3 rings (SSSR count). The highest BCUT2D eigenvalue weighted by atomic mass is 16.5. The minimum atomic E-state index is -1.87. The second-order valence-corrected chi connectivity index (χ2v) is 5.63. The van der Waals surface area contributed by atoms with Gasteiger partial charge in [0.05, 0.1) is 7.45 Å². The maximum Gasteiger partial charge on any atom is 0.206 e. The molecule has 0 amide bonds. The number of aliphatic hydroxyl groups excluding tert-OH is 1. The molecule has 0 aromatic heterocycles. The summed E-state index contributed by atoms with van der Waals surface area (Å²) in [5.41, 5.74) is 0.516. The average Bonchev–Trinajstić information content (AvgIpc) is 2.54. The van der Waals surface area contributed by atoms with Gasteiger partial charge in [0.25, 0.3) is 0 Å². The van der Waals surface area contributed by atoms with E-state index in [2.05, 4.69) is 0 Å². The lowest BCUT2D eigenvalue weighted by Gasteiger charge is -2.27. The average molecular weight is 331 g/mol. The minimum absolute atomic E-state index is 0.0191. The van der Waals surface area contributed by atoms with E-state index in [4.69, 9.17) is 6.11 Å². The molecule has 1 aliphatic heterocycles. The first kappa shape index (κ1) is 15.0. The van der Waals surface area contributed by atoms with Gasteiger partial charge in [-0.2, -0.15) is 0 Å². The number of carbonyl (C=O) groups is 1. The molecule has 126 valence electrons. The normalized spacial score (nSPS) is 26.2. The van der Waals surface area contributed by atoms with Crippen LogP contribution in [0, 0.1) is 0 Å². The number of carbonyl (C=O) groups excluding carboxylic acids is 1. The van der Waals surface area contributed by atoms with E-state index < -0.39 is 23.7 Å². The fourth-order valence-corrected chi connectivity index (χ4v) is 2.78. The molecule has 1 aliphatic carbocycles. The van der Waals surface area contributed by atoms with Crippen LogP contribution in [0.2, 0.25) is 0 Å². The number of allylic oxidation sites excluding steroid dienone is 3. The van der Waals surface area contributed by atoms with Gasteiger partial charge in [0, 0.05) is 17.2 Å². The van der Waals surface area contributed by atoms with Crippen molar-refractivity contribution >= 4 is 5.78 Å². The Kier molecular flexibility index (Phi) is 3.84. The lowest BCUT2D eigenvalue weighted by Crippen LogP contribution is -2.32. The lowest BCUT2D eigenvalue weighted by molar-refractivity contribution is 0.0696. The minimum Gasteiger partial charge on any atom is -0.507 e. The van der Waals surface area contributed by atoms with E-state index in [1.54, 1.807) is 0 Å². The Labute approximate surface area is 140 Å². The maximum atomic E-state index is 12.5. The zero-order valence-corrected chi connectivity index (χ0v) is 13.0. The van der Waals surface area contributed by atoms with Crippen molar-refractivity contribution in [1.29, 1.82) is 0 Å². The molecule has 0 saturated heterocycles. The third-order valence-electron chi connectivity index (χ3n) is 3.95. The van der Waals surface area contributed by atoms with Gasteiger partial charge in [0.1, 0.15) is 28.6 Å². The summed E-state index contributed by atoms with van der Waals surface area (Å²) in [7, 11) is 0. The van der Waals surface area contributed by atoms with Crippen molar-refractivity contribution in [3.8, 4) is 17.2 Å². The predicted octanol–water partition coefficient (Wildman–Crippen LogP) is 1.73. The van der Waals surface area contributed by atoms with Gasteiger partial charge in [-0.3, -0.25) is 4.79 Å². The number of fused-ring (bicyclic) bond motifs is 1. The second-order valence-electron chi connectivity index (χ2n) is 5.63. The summed E-state index contributed by atoms with van der Waals surface area (Å²) in [5, 5.41) is 40.0. The Morgan fingerprint density at radius 2 is 1.88 bits per heavy atom. The van der Waals surface area contributed by atoms with E-state index in [1.165, 1.54) is 24.3 Å². The molecule has 24 heavy (non-hydrogen) atoms. The van der Waals surface area contributed by atoms with Crippen molar-refractivity contribution < 1.29 is 31.3 Å². The van der Waals surface area contributed by atoms with Crippen LogP contribution in [0.5, 0.6) is 17.2 Å². The van der Waals surface area contributed by atoms with Crippen LogP contribution < -0.4 is 4.74 Å². The molecule has 1 unspecified atom stereocenters. The third kappa shape index (κ3) is 2.60. The van der Waals surface area contributed by atoms with Crippen molar-refractivity contribution in [2.45, 2.75) is 31.9 Å². The Morgan fingerprint density at radius 3 is 2.50 bits per heavy atom. The largest absolute Gasteiger partial charge is 0.507 e. The van der Waals surface area contributed by atoms with Crippen LogP contribution in [-0.4, -0.2) is 38.4 Å². The smallest absolute Gasteiger partial charge is 0.206 e. The summed E-state index contributed by atoms with van der Waals surface area (Å²) < 4.78 is 13.2. The number of benzene rings is 1. The summed E-state index contributed by atoms with van der Waals surface area (Å²) in [6.45, 7) is 1.89. The molecule has 6 heteroatoms. The molecule has 1 heterocycles. The van der Waals surface area contributed by atoms with E-state index in [-0.39, 0.29) is 22.8 Å². The van der Waals surface area contributed by atoms with E-state index >= 15 is 0 Å². The number of phenolic OH excluding ortho intramolecular Hbond substituents is 2. The van der Waals surface area contributed by atoms with Gasteiger partial charge in [-0.25, -0.2) is 0 Å². The molecular formula is C18H18O6. The molecule has 0 spiro atoms. The quantitative estimate of drug-likeness (QED) is 0.657. The van der Waals surface area contributed by atoms with Gasteiger partial charge >= 0.3 is 0 Å². The summed E-state index contributed by atoms with van der Waals surface area (Å²) in [4.78, 5) is 12.5. The van der Waals surface area contributed by atoms with Gasteiger partial charge in [0.15, 0.2) is 6.10 Å². The fourth-order valence-electron chi connectivity index (χ4n) is 2.78. The summed E-state index contributed by atoms with van der Waals surface area (Å²) in [5.74, 6) is -1.46. The molecule has 0 saturated carbocycles. The highest BCUT2D eigenvalue weighted by Gasteiger charge is 2.38. The van der Waals surface area contributed by atoms with Crippen molar-refractivity contribution in [3.63, 3.8) is 0 Å². The molecule has 0 bridgehead atoms. The third-order valence-corrected chi connectivity index (χ3v) is 3.95. The van der Waals surface area contributed by atoms with Gasteiger partial charge in [-0.1, -0.05) is 37.6 Å². The number of rotatable bonds is 2. The van der Waals surface area contributed by atoms with Gasteiger partial charge in [-0.15, -0.1) is 0 Å². The number of aliphatic hydroxyl groups is 2. The lowest BCUT2D eigenvalue weighted by atomic mass is 9.92. The Hall–Kier alpha value is -2.57. The SMILES string of the molecule is [2H]C1(O)C=CC(=C2Oc3c(CCC)c(O)cc(O)c3C(=O)C2O)C=C1. The van der Waals surface area contributed by atoms with E-state index in [1.807, 2.05) is 6.92 Å². The Balaban J connectivity index is 2.17. The highest BCUT2D eigenvalue weighted by molar-refractivity contribution is 6.07. The van der Waals surface area contributed by atoms with Crippen molar-refractivity contribution in [1.82, 2.24) is 0 Å². The Bertz CT molecular complexity index is 816. The van der Waals surface area contributed by atoms with Crippen molar-refractivity contribution in [3.05, 3.63) is 52.8 Å². The molecule has 0 fully saturated rings. The predicted molar refractivity (Wildman–Crippen MR) is 86.0 cm³/mol. The monoisotopic (exact) mass is 331 g/mol. The second kappa shape index (κ2) is 6.14. The molecule has 1 atom stereocenters. The van der Waals surface area contributed by atoms with Gasteiger partial charge < -0.3 is 25.2 Å². The topological polar surface area (TPSA) is 107 Å². The summed E-state index contributed by atoms with van der Waals surface area (Å²) >= 11 is 0. The number of Topliss-reactive ketones (excluding diaryl/α,β-unsaturated/α-hetero) is 1. The van der Waals surface area contributed by atoms with Crippen LogP contribution in [0.1, 0.15) is 30.6 Å². The van der Waals surface area contributed by atoms with Crippen molar-refractivity contribution in [2.24, 2.45) is 0 Å². The standard InChI is InChI=1S/C18H18O6/c1-2-3-11-12(20)8-13(21)14-15(22)16(23)17(24-18(11)14)9-4-6-10(19)7-5-9/h4-8,10,16,19-21,23H,2-3H2,1H3/i10D. The number of ether oxygens (including phenoxy) is 1. The zero-order chi connectivity index (χ0) is 18.4. The van der Waals surface area contributed by atoms with Crippen LogP contribution in [0.15, 0.2) is 41.7 Å². The van der Waals surface area contributed by atoms with Crippen LogP contribution >= 0.6 is 0 Å². The molecule has 6 nitrogen and oxygen atoms in total. The summed E-state index contributed by atoms with van der Waals surface area (Å²) in [6, 6.07) is 1.07. The molecular weight excluding hydrogens is 312 g/mol. The van der Waals surface area contributed by atoms with E-state index in [9.17, 15) is 25.2 Å². The van der Waals surface area contributed by atoms with E-state index in [0.29, 0.717) is 24.0 Å². The van der Waals surface area contributed by atoms with Crippen molar-refractivity contribution in [2.75, 3.05) is 0 Å². The number of hydrogen-bond acceptors (Lipinski definition) is 6. The van der Waals surface area contributed by atoms with Crippen LogP contribution in [-0.2, 0) is 6.42 Å².